The molecular weight excluding hydrogens is 375 g/mol. The van der Waals surface area contributed by atoms with Crippen LogP contribution in [0.25, 0.3) is 0 Å². The lowest BCUT2D eigenvalue weighted by Crippen LogP contribution is -2.47. The molecule has 0 fully saturated rings. The maximum absolute atomic E-state index is 13.2. The van der Waals surface area contributed by atoms with Crippen molar-refractivity contribution in [3.8, 4) is 11.5 Å². The van der Waals surface area contributed by atoms with Crippen molar-refractivity contribution in [2.75, 3.05) is 22.7 Å². The Morgan fingerprint density at radius 2 is 1.85 bits per heavy atom. The fraction of sp³-hybridized carbons (Fsp3) is 0.278. The second kappa shape index (κ2) is 7.43. The number of hydrogen-bond donors (Lipinski definition) is 1. The fourth-order valence-electron chi connectivity index (χ4n) is 2.85. The van der Waals surface area contributed by atoms with E-state index in [1.54, 1.807) is 25.1 Å². The minimum atomic E-state index is -3.78. The van der Waals surface area contributed by atoms with Gasteiger partial charge < -0.3 is 14.8 Å². The summed E-state index contributed by atoms with van der Waals surface area (Å²) in [5.74, 6) is 0.0691. The fourth-order valence-corrected chi connectivity index (χ4v) is 4.06. The van der Waals surface area contributed by atoms with Gasteiger partial charge in [0.25, 0.3) is 0 Å². The molecule has 0 spiro atoms. The molecule has 2 aromatic rings. The van der Waals surface area contributed by atoms with Gasteiger partial charge in [0.05, 0.1) is 11.9 Å². The van der Waals surface area contributed by atoms with E-state index in [1.165, 1.54) is 12.1 Å². The van der Waals surface area contributed by atoms with Crippen LogP contribution < -0.4 is 19.1 Å². The molecule has 0 aliphatic carbocycles. The zero-order valence-corrected chi connectivity index (χ0v) is 15.6. The van der Waals surface area contributed by atoms with E-state index < -0.39 is 27.8 Å². The van der Waals surface area contributed by atoms with Crippen LogP contribution >= 0.6 is 0 Å². The molecular formula is C18H19FN2O5S. The lowest BCUT2D eigenvalue weighted by Gasteiger charge is -2.30. The molecule has 0 saturated carbocycles. The number of halogens is 1. The van der Waals surface area contributed by atoms with E-state index in [-0.39, 0.29) is 18.9 Å². The van der Waals surface area contributed by atoms with Crippen LogP contribution in [0.4, 0.5) is 15.8 Å². The summed E-state index contributed by atoms with van der Waals surface area (Å²) in [5.41, 5.74) is 0.668. The molecule has 27 heavy (non-hydrogen) atoms. The van der Waals surface area contributed by atoms with Gasteiger partial charge in [-0.2, -0.15) is 0 Å². The summed E-state index contributed by atoms with van der Waals surface area (Å²) in [6.45, 7) is 1.81. The van der Waals surface area contributed by atoms with Crippen LogP contribution in [0.5, 0.6) is 11.5 Å². The number of amides is 1. The van der Waals surface area contributed by atoms with E-state index in [0.29, 0.717) is 17.2 Å². The molecule has 1 aliphatic rings. The average Bonchev–Trinajstić information content (AvgIpc) is 3.07. The van der Waals surface area contributed by atoms with Gasteiger partial charge in [-0.1, -0.05) is 6.92 Å². The van der Waals surface area contributed by atoms with Gasteiger partial charge in [-0.15, -0.1) is 0 Å². The second-order valence-electron chi connectivity index (χ2n) is 6.02. The van der Waals surface area contributed by atoms with Crippen molar-refractivity contribution in [2.24, 2.45) is 0 Å². The summed E-state index contributed by atoms with van der Waals surface area (Å²) in [4.78, 5) is 12.8. The molecule has 1 N–H and O–H groups in total. The quantitative estimate of drug-likeness (QED) is 0.814. The Morgan fingerprint density at radius 3 is 2.48 bits per heavy atom. The number of anilines is 2. The summed E-state index contributed by atoms with van der Waals surface area (Å²) in [7, 11) is -3.78. The van der Waals surface area contributed by atoms with Gasteiger partial charge in [0.1, 0.15) is 11.9 Å². The number of rotatable bonds is 6. The van der Waals surface area contributed by atoms with Crippen molar-refractivity contribution in [1.29, 1.82) is 0 Å². The Kier molecular flexibility index (Phi) is 5.22. The molecule has 1 aliphatic heterocycles. The first-order chi connectivity index (χ1) is 12.8. The smallest absolute Gasteiger partial charge is 0.248 e. The Bertz CT molecular complexity index is 947. The number of carbonyl (C=O) groups excluding carboxylic acids is 1. The highest BCUT2D eigenvalue weighted by Gasteiger charge is 2.31. The SMILES string of the molecule is CC[C@@H](C(=O)Nc1ccc2c(c1)OCO2)N(c1ccc(F)cc1)S(C)(=O)=O. The molecule has 3 rings (SSSR count). The lowest BCUT2D eigenvalue weighted by molar-refractivity contribution is -0.117. The summed E-state index contributed by atoms with van der Waals surface area (Å²) in [6.07, 6.45) is 1.23. The van der Waals surface area contributed by atoms with E-state index >= 15 is 0 Å². The third kappa shape index (κ3) is 4.13. The van der Waals surface area contributed by atoms with Crippen LogP contribution in [0.2, 0.25) is 0 Å². The van der Waals surface area contributed by atoms with Crippen LogP contribution in [0.3, 0.4) is 0 Å². The first kappa shape index (κ1) is 19.0. The van der Waals surface area contributed by atoms with E-state index in [2.05, 4.69) is 5.32 Å². The van der Waals surface area contributed by atoms with E-state index in [9.17, 15) is 17.6 Å². The number of hydrogen-bond acceptors (Lipinski definition) is 5. The average molecular weight is 394 g/mol. The minimum absolute atomic E-state index is 0.108. The van der Waals surface area contributed by atoms with Crippen LogP contribution in [0, 0.1) is 5.82 Å². The molecule has 1 atom stereocenters. The van der Waals surface area contributed by atoms with E-state index in [0.717, 1.165) is 22.7 Å². The molecule has 0 bridgehead atoms. The first-order valence-corrected chi connectivity index (χ1v) is 10.1. The molecule has 144 valence electrons. The first-order valence-electron chi connectivity index (χ1n) is 8.25. The van der Waals surface area contributed by atoms with Crippen molar-refractivity contribution in [2.45, 2.75) is 19.4 Å². The Labute approximate surface area is 156 Å². The number of carbonyl (C=O) groups is 1. The number of sulfonamides is 1. The van der Waals surface area contributed by atoms with Gasteiger partial charge in [-0.25, -0.2) is 12.8 Å². The summed E-state index contributed by atoms with van der Waals surface area (Å²) in [6, 6.07) is 8.85. The molecule has 1 amide bonds. The van der Waals surface area contributed by atoms with Crippen molar-refractivity contribution in [1.82, 2.24) is 0 Å². The topological polar surface area (TPSA) is 84.9 Å². The van der Waals surface area contributed by atoms with Gasteiger partial charge in [-0.3, -0.25) is 9.10 Å². The van der Waals surface area contributed by atoms with E-state index in [1.807, 2.05) is 0 Å². The second-order valence-corrected chi connectivity index (χ2v) is 7.88. The largest absolute Gasteiger partial charge is 0.454 e. The zero-order valence-electron chi connectivity index (χ0n) is 14.8. The summed E-state index contributed by atoms with van der Waals surface area (Å²) < 4.78 is 49.4. The number of nitrogens with one attached hydrogen (secondary N) is 1. The standard InChI is InChI=1S/C18H19FN2O5S/c1-3-15(21(27(2,23)24)14-7-4-12(19)5-8-14)18(22)20-13-6-9-16-17(10-13)26-11-25-16/h4-10,15H,3,11H2,1-2H3,(H,20,22)/t15-/m0/s1. The van der Waals surface area contributed by atoms with E-state index in [4.69, 9.17) is 9.47 Å². The van der Waals surface area contributed by atoms with Crippen molar-refractivity contribution < 1.29 is 27.1 Å². The van der Waals surface area contributed by atoms with Crippen LogP contribution in [-0.2, 0) is 14.8 Å². The van der Waals surface area contributed by atoms with Gasteiger partial charge in [0.2, 0.25) is 22.7 Å². The third-order valence-corrected chi connectivity index (χ3v) is 5.23. The van der Waals surface area contributed by atoms with Gasteiger partial charge >= 0.3 is 0 Å². The van der Waals surface area contributed by atoms with Crippen LogP contribution in [-0.4, -0.2) is 33.4 Å². The Balaban J connectivity index is 1.88. The predicted octanol–water partition coefficient (Wildman–Crippen LogP) is 2.74. The Morgan fingerprint density at radius 1 is 1.19 bits per heavy atom. The highest BCUT2D eigenvalue weighted by molar-refractivity contribution is 7.92. The lowest BCUT2D eigenvalue weighted by atomic mass is 10.1. The molecule has 1 heterocycles. The summed E-state index contributed by atoms with van der Waals surface area (Å²) >= 11 is 0. The highest BCUT2D eigenvalue weighted by Crippen LogP contribution is 2.34. The monoisotopic (exact) mass is 394 g/mol. The normalized spacial score (nSPS) is 13.9. The molecule has 2 aromatic carbocycles. The molecule has 0 aromatic heterocycles. The maximum atomic E-state index is 13.2. The van der Waals surface area contributed by atoms with Crippen LogP contribution in [0.15, 0.2) is 42.5 Å². The maximum Gasteiger partial charge on any atom is 0.248 e. The van der Waals surface area contributed by atoms with Crippen molar-refractivity contribution in [3.05, 3.63) is 48.3 Å². The predicted molar refractivity (Wildman–Crippen MR) is 99.0 cm³/mol. The van der Waals surface area contributed by atoms with Crippen LogP contribution in [0.1, 0.15) is 13.3 Å². The minimum Gasteiger partial charge on any atom is -0.454 e. The highest BCUT2D eigenvalue weighted by atomic mass is 32.2. The van der Waals surface area contributed by atoms with Gasteiger partial charge in [0.15, 0.2) is 11.5 Å². The number of nitrogens with zero attached hydrogens (tertiary/aromatic N) is 1. The number of ether oxygens (including phenoxy) is 2. The van der Waals surface area contributed by atoms with Gasteiger partial charge in [-0.05, 0) is 42.8 Å². The number of benzene rings is 2. The Hall–Kier alpha value is -2.81. The molecule has 9 heteroatoms. The number of fused-ring (bicyclic) bond motifs is 1. The van der Waals surface area contributed by atoms with Crippen molar-refractivity contribution in [3.63, 3.8) is 0 Å². The summed E-state index contributed by atoms with van der Waals surface area (Å²) in [5, 5.41) is 2.70. The van der Waals surface area contributed by atoms with Crippen molar-refractivity contribution >= 4 is 27.3 Å². The van der Waals surface area contributed by atoms with Gasteiger partial charge in [0, 0.05) is 11.8 Å². The molecule has 0 radical (unpaired) electrons. The third-order valence-electron chi connectivity index (χ3n) is 4.05. The molecule has 0 saturated heterocycles. The molecule has 7 nitrogen and oxygen atoms in total. The molecule has 0 unspecified atom stereocenters. The zero-order chi connectivity index (χ0) is 19.6.